The van der Waals surface area contributed by atoms with Gasteiger partial charge in [0, 0.05) is 6.42 Å². The normalized spacial score (nSPS) is 24.5. The van der Waals surface area contributed by atoms with E-state index >= 15 is 0 Å². The van der Waals surface area contributed by atoms with Crippen LogP contribution in [0.3, 0.4) is 0 Å². The SMILES string of the molecule is NC(=O)[C@H]1CCC[NH+](CCc2ccccc2)C1. The van der Waals surface area contributed by atoms with E-state index in [-0.39, 0.29) is 11.8 Å². The number of carbonyl (C=O) groups is 1. The number of rotatable bonds is 4. The summed E-state index contributed by atoms with van der Waals surface area (Å²) in [5.74, 6) is -0.0311. The van der Waals surface area contributed by atoms with Crippen molar-refractivity contribution in [1.82, 2.24) is 0 Å². The quantitative estimate of drug-likeness (QED) is 0.756. The van der Waals surface area contributed by atoms with Crippen molar-refractivity contribution in [2.45, 2.75) is 19.3 Å². The number of nitrogens with one attached hydrogen (secondary N) is 1. The smallest absolute Gasteiger partial charge is 0.226 e. The molecule has 0 spiro atoms. The molecule has 1 fully saturated rings. The maximum Gasteiger partial charge on any atom is 0.226 e. The van der Waals surface area contributed by atoms with Crippen molar-refractivity contribution in [2.75, 3.05) is 19.6 Å². The van der Waals surface area contributed by atoms with Gasteiger partial charge in [-0.1, -0.05) is 30.3 Å². The van der Waals surface area contributed by atoms with Crippen molar-refractivity contribution in [2.24, 2.45) is 11.7 Å². The number of benzene rings is 1. The third kappa shape index (κ3) is 3.56. The fraction of sp³-hybridized carbons (Fsp3) is 0.500. The Hall–Kier alpha value is -1.35. The van der Waals surface area contributed by atoms with Gasteiger partial charge in [0.1, 0.15) is 0 Å². The van der Waals surface area contributed by atoms with Gasteiger partial charge in [-0.05, 0) is 18.4 Å². The fourth-order valence-electron chi connectivity index (χ4n) is 2.59. The molecular weight excluding hydrogens is 212 g/mol. The highest BCUT2D eigenvalue weighted by molar-refractivity contribution is 5.76. The molecule has 1 saturated heterocycles. The van der Waals surface area contributed by atoms with Gasteiger partial charge in [-0.15, -0.1) is 0 Å². The minimum Gasteiger partial charge on any atom is -0.369 e. The molecule has 1 aromatic carbocycles. The molecule has 0 bridgehead atoms. The third-order valence-corrected chi connectivity index (χ3v) is 3.63. The number of primary amides is 1. The van der Waals surface area contributed by atoms with Crippen molar-refractivity contribution < 1.29 is 9.69 Å². The lowest BCUT2D eigenvalue weighted by atomic mass is 9.97. The summed E-state index contributed by atoms with van der Waals surface area (Å²) in [5.41, 5.74) is 6.76. The summed E-state index contributed by atoms with van der Waals surface area (Å²) in [6, 6.07) is 10.5. The molecule has 3 heteroatoms. The highest BCUT2D eigenvalue weighted by Gasteiger charge is 2.26. The van der Waals surface area contributed by atoms with Crippen LogP contribution >= 0.6 is 0 Å². The van der Waals surface area contributed by atoms with Gasteiger partial charge < -0.3 is 10.6 Å². The highest BCUT2D eigenvalue weighted by atomic mass is 16.1. The van der Waals surface area contributed by atoms with Crippen LogP contribution in [-0.4, -0.2) is 25.5 Å². The minimum atomic E-state index is -0.123. The largest absolute Gasteiger partial charge is 0.369 e. The zero-order valence-corrected chi connectivity index (χ0v) is 10.2. The van der Waals surface area contributed by atoms with Crippen molar-refractivity contribution >= 4 is 5.91 Å². The van der Waals surface area contributed by atoms with Gasteiger partial charge in [-0.3, -0.25) is 4.79 Å². The van der Waals surface area contributed by atoms with Crippen molar-refractivity contribution in [1.29, 1.82) is 0 Å². The molecule has 0 radical (unpaired) electrons. The van der Waals surface area contributed by atoms with E-state index in [1.165, 1.54) is 17.0 Å². The lowest BCUT2D eigenvalue weighted by Gasteiger charge is -2.28. The molecule has 0 aromatic heterocycles. The molecule has 1 aliphatic heterocycles. The van der Waals surface area contributed by atoms with Gasteiger partial charge >= 0.3 is 0 Å². The Morgan fingerprint density at radius 1 is 1.35 bits per heavy atom. The number of amides is 1. The van der Waals surface area contributed by atoms with Crippen LogP contribution < -0.4 is 10.6 Å². The second-order valence-electron chi connectivity index (χ2n) is 4.93. The van der Waals surface area contributed by atoms with E-state index in [4.69, 9.17) is 5.73 Å². The zero-order chi connectivity index (χ0) is 12.1. The van der Waals surface area contributed by atoms with Crippen LogP contribution in [0.2, 0.25) is 0 Å². The van der Waals surface area contributed by atoms with E-state index < -0.39 is 0 Å². The summed E-state index contributed by atoms with van der Waals surface area (Å²) >= 11 is 0. The van der Waals surface area contributed by atoms with E-state index in [0.717, 1.165) is 32.4 Å². The summed E-state index contributed by atoms with van der Waals surface area (Å²) in [7, 11) is 0. The molecule has 1 aromatic rings. The van der Waals surface area contributed by atoms with E-state index in [2.05, 4.69) is 24.3 Å². The number of piperidine rings is 1. The van der Waals surface area contributed by atoms with Gasteiger partial charge in [0.15, 0.2) is 0 Å². The van der Waals surface area contributed by atoms with Crippen LogP contribution in [0.5, 0.6) is 0 Å². The monoisotopic (exact) mass is 233 g/mol. The van der Waals surface area contributed by atoms with Gasteiger partial charge in [0.05, 0.1) is 25.6 Å². The first-order chi connectivity index (χ1) is 8.25. The van der Waals surface area contributed by atoms with E-state index in [1.54, 1.807) is 0 Å². The number of hydrogen-bond acceptors (Lipinski definition) is 1. The Bertz CT molecular complexity index is 364. The topological polar surface area (TPSA) is 47.5 Å². The van der Waals surface area contributed by atoms with Gasteiger partial charge in [0.25, 0.3) is 0 Å². The van der Waals surface area contributed by atoms with Crippen molar-refractivity contribution in [3.8, 4) is 0 Å². The average Bonchev–Trinajstić information content (AvgIpc) is 2.38. The van der Waals surface area contributed by atoms with Crippen LogP contribution in [0.15, 0.2) is 30.3 Å². The Labute approximate surface area is 103 Å². The summed E-state index contributed by atoms with van der Waals surface area (Å²) in [6.07, 6.45) is 3.18. The molecule has 2 atom stereocenters. The molecule has 1 aliphatic rings. The van der Waals surface area contributed by atoms with E-state index in [1.807, 2.05) is 6.07 Å². The predicted molar refractivity (Wildman–Crippen MR) is 67.6 cm³/mol. The zero-order valence-electron chi connectivity index (χ0n) is 10.2. The van der Waals surface area contributed by atoms with Gasteiger partial charge in [-0.2, -0.15) is 0 Å². The molecule has 0 aliphatic carbocycles. The summed E-state index contributed by atoms with van der Waals surface area (Å²) in [6.45, 7) is 3.20. The van der Waals surface area contributed by atoms with Crippen LogP contribution in [0.4, 0.5) is 0 Å². The molecule has 3 N–H and O–H groups in total. The van der Waals surface area contributed by atoms with E-state index in [9.17, 15) is 4.79 Å². The Morgan fingerprint density at radius 3 is 2.82 bits per heavy atom. The molecule has 2 rings (SSSR count). The van der Waals surface area contributed by atoms with Crippen molar-refractivity contribution in [3.05, 3.63) is 35.9 Å². The Morgan fingerprint density at radius 2 is 2.12 bits per heavy atom. The van der Waals surface area contributed by atoms with Crippen LogP contribution in [0.25, 0.3) is 0 Å². The molecule has 92 valence electrons. The number of hydrogen-bond donors (Lipinski definition) is 2. The molecule has 1 amide bonds. The first-order valence-corrected chi connectivity index (χ1v) is 6.42. The lowest BCUT2D eigenvalue weighted by molar-refractivity contribution is -0.907. The molecule has 1 heterocycles. The number of likely N-dealkylation sites (tertiary alicyclic amines) is 1. The molecule has 0 saturated carbocycles. The average molecular weight is 233 g/mol. The second kappa shape index (κ2) is 5.82. The van der Waals surface area contributed by atoms with Crippen LogP contribution in [0, 0.1) is 5.92 Å². The Balaban J connectivity index is 1.81. The summed E-state index contributed by atoms with van der Waals surface area (Å²) in [4.78, 5) is 12.7. The predicted octanol–water partition coefficient (Wildman–Crippen LogP) is 0.00930. The second-order valence-corrected chi connectivity index (χ2v) is 4.93. The standard InChI is InChI=1S/C14H20N2O/c15-14(17)13-7-4-9-16(11-13)10-8-12-5-2-1-3-6-12/h1-3,5-6,13H,4,7-11H2,(H2,15,17)/p+1/t13-/m0/s1. The number of carbonyl (C=O) groups excluding carboxylic acids is 1. The number of nitrogens with two attached hydrogens (primary N) is 1. The lowest BCUT2D eigenvalue weighted by Crippen LogP contribution is -3.14. The summed E-state index contributed by atoms with van der Waals surface area (Å²) < 4.78 is 0. The Kier molecular flexibility index (Phi) is 4.15. The number of quaternary nitrogens is 1. The van der Waals surface area contributed by atoms with Gasteiger partial charge in [-0.25, -0.2) is 0 Å². The highest BCUT2D eigenvalue weighted by Crippen LogP contribution is 2.06. The fourth-order valence-corrected chi connectivity index (χ4v) is 2.59. The first-order valence-electron chi connectivity index (χ1n) is 6.42. The molecule has 17 heavy (non-hydrogen) atoms. The van der Waals surface area contributed by atoms with E-state index in [0.29, 0.717) is 0 Å². The van der Waals surface area contributed by atoms with Crippen LogP contribution in [-0.2, 0) is 11.2 Å². The third-order valence-electron chi connectivity index (χ3n) is 3.63. The minimum absolute atomic E-state index is 0.0922. The molecular formula is C14H21N2O+. The van der Waals surface area contributed by atoms with Crippen LogP contribution in [0.1, 0.15) is 18.4 Å². The maximum atomic E-state index is 11.2. The molecule has 3 nitrogen and oxygen atoms in total. The maximum absolute atomic E-state index is 11.2. The van der Waals surface area contributed by atoms with Gasteiger partial charge in [0.2, 0.25) is 5.91 Å². The van der Waals surface area contributed by atoms with Crippen molar-refractivity contribution in [3.63, 3.8) is 0 Å². The molecule has 1 unspecified atom stereocenters. The summed E-state index contributed by atoms with van der Waals surface area (Å²) in [5, 5.41) is 0. The first kappa shape index (κ1) is 12.1.